The molecule has 0 heterocycles. The second-order valence-corrected chi connectivity index (χ2v) is 3.03. The average Bonchev–Trinajstić information content (AvgIpc) is 2.27. The molecule has 0 aromatic heterocycles. The maximum absolute atomic E-state index is 11.4. The molecule has 1 amide bonds. The fourth-order valence-electron chi connectivity index (χ4n) is 1.18. The average molecular weight is 208 g/mol. The minimum atomic E-state index is -0.0682. The van der Waals surface area contributed by atoms with Gasteiger partial charge in [-0.05, 0) is 18.7 Å². The van der Waals surface area contributed by atoms with E-state index >= 15 is 0 Å². The van der Waals surface area contributed by atoms with Crippen molar-refractivity contribution in [3.63, 3.8) is 0 Å². The lowest BCUT2D eigenvalue weighted by Gasteiger charge is -2.09. The highest BCUT2D eigenvalue weighted by Gasteiger charge is 2.05. The van der Waals surface area contributed by atoms with Gasteiger partial charge in [-0.2, -0.15) is 0 Å². The number of carbonyl (C=O) groups is 1. The number of likely N-dealkylation sites (N-methyl/N-ethyl adjacent to an activating group) is 1. The zero-order chi connectivity index (χ0) is 11.1. The summed E-state index contributed by atoms with van der Waals surface area (Å²) in [4.78, 5) is 11.4. The van der Waals surface area contributed by atoms with E-state index in [9.17, 15) is 4.79 Å². The van der Waals surface area contributed by atoms with Crippen molar-refractivity contribution in [1.82, 2.24) is 5.32 Å². The Labute approximate surface area is 89.6 Å². The Morgan fingerprint density at radius 3 is 2.80 bits per heavy atom. The Morgan fingerprint density at radius 1 is 1.40 bits per heavy atom. The molecule has 0 bridgehead atoms. The molecule has 2 N–H and O–H groups in total. The van der Waals surface area contributed by atoms with E-state index in [1.54, 1.807) is 7.11 Å². The van der Waals surface area contributed by atoms with Crippen LogP contribution in [0.4, 0.5) is 5.69 Å². The number of methoxy groups -OCH3 is 1. The molecular formula is C11H16N2O2. The highest BCUT2D eigenvalue weighted by atomic mass is 16.5. The summed E-state index contributed by atoms with van der Waals surface area (Å²) < 4.78 is 5.12. The third-order valence-electron chi connectivity index (χ3n) is 1.92. The Morgan fingerprint density at radius 2 is 2.13 bits per heavy atom. The molecule has 0 fully saturated rings. The molecule has 0 saturated carbocycles. The number of anilines is 1. The highest BCUT2D eigenvalue weighted by molar-refractivity contribution is 5.93. The molecular weight excluding hydrogens is 192 g/mol. The van der Waals surface area contributed by atoms with Crippen LogP contribution in [0, 0.1) is 0 Å². The van der Waals surface area contributed by atoms with E-state index in [0.717, 1.165) is 6.54 Å². The van der Waals surface area contributed by atoms with Crippen molar-refractivity contribution >= 4 is 11.6 Å². The summed E-state index contributed by atoms with van der Waals surface area (Å²) in [5.41, 5.74) is 0.697. The summed E-state index contributed by atoms with van der Waals surface area (Å²) in [7, 11) is 1.58. The fourth-order valence-corrected chi connectivity index (χ4v) is 1.18. The van der Waals surface area contributed by atoms with Crippen LogP contribution in [0.5, 0.6) is 5.75 Å². The summed E-state index contributed by atoms with van der Waals surface area (Å²) in [6.45, 7) is 3.05. The first-order valence-electron chi connectivity index (χ1n) is 4.91. The highest BCUT2D eigenvalue weighted by Crippen LogP contribution is 2.22. The standard InChI is InChI=1S/C11H16N2O2/c1-3-12-8-11(14)13-9-6-4-5-7-10(9)15-2/h4-7,12H,3,8H2,1-2H3,(H,13,14). The summed E-state index contributed by atoms with van der Waals surface area (Å²) in [5, 5.41) is 5.72. The van der Waals surface area contributed by atoms with Crippen LogP contribution in [0.25, 0.3) is 0 Å². The number of amides is 1. The molecule has 15 heavy (non-hydrogen) atoms. The Kier molecular flexibility index (Phi) is 4.63. The van der Waals surface area contributed by atoms with Crippen molar-refractivity contribution in [2.24, 2.45) is 0 Å². The fraction of sp³-hybridized carbons (Fsp3) is 0.364. The number of hydrogen-bond acceptors (Lipinski definition) is 3. The van der Waals surface area contributed by atoms with Crippen LogP contribution in [0.1, 0.15) is 6.92 Å². The van der Waals surface area contributed by atoms with Gasteiger partial charge in [-0.3, -0.25) is 4.79 Å². The minimum absolute atomic E-state index is 0.0682. The van der Waals surface area contributed by atoms with E-state index in [2.05, 4.69) is 10.6 Å². The van der Waals surface area contributed by atoms with E-state index in [0.29, 0.717) is 18.0 Å². The number of carbonyl (C=O) groups excluding carboxylic acids is 1. The van der Waals surface area contributed by atoms with E-state index in [1.807, 2.05) is 31.2 Å². The molecule has 0 saturated heterocycles. The molecule has 4 heteroatoms. The molecule has 1 rings (SSSR count). The predicted molar refractivity (Wildman–Crippen MR) is 60.2 cm³/mol. The van der Waals surface area contributed by atoms with Gasteiger partial charge < -0.3 is 15.4 Å². The van der Waals surface area contributed by atoms with Gasteiger partial charge in [-0.1, -0.05) is 19.1 Å². The van der Waals surface area contributed by atoms with Crippen LogP contribution in [0.2, 0.25) is 0 Å². The Hall–Kier alpha value is -1.55. The first-order chi connectivity index (χ1) is 7.27. The molecule has 0 atom stereocenters. The maximum atomic E-state index is 11.4. The zero-order valence-electron chi connectivity index (χ0n) is 9.04. The maximum Gasteiger partial charge on any atom is 0.238 e. The molecule has 82 valence electrons. The topological polar surface area (TPSA) is 50.4 Å². The lowest BCUT2D eigenvalue weighted by molar-refractivity contribution is -0.115. The van der Waals surface area contributed by atoms with Gasteiger partial charge in [-0.15, -0.1) is 0 Å². The van der Waals surface area contributed by atoms with Gasteiger partial charge in [-0.25, -0.2) is 0 Å². The van der Waals surface area contributed by atoms with E-state index in [-0.39, 0.29) is 5.91 Å². The number of nitrogens with one attached hydrogen (secondary N) is 2. The molecule has 0 radical (unpaired) electrons. The summed E-state index contributed by atoms with van der Waals surface area (Å²) in [6, 6.07) is 7.33. The normalized spacial score (nSPS) is 9.73. The molecule has 4 nitrogen and oxygen atoms in total. The summed E-state index contributed by atoms with van der Waals surface area (Å²) in [5.74, 6) is 0.601. The number of rotatable bonds is 5. The molecule has 0 aliphatic heterocycles. The van der Waals surface area contributed by atoms with E-state index in [1.165, 1.54) is 0 Å². The van der Waals surface area contributed by atoms with E-state index < -0.39 is 0 Å². The summed E-state index contributed by atoms with van der Waals surface area (Å²) >= 11 is 0. The Bertz CT molecular complexity index is 326. The predicted octanol–water partition coefficient (Wildman–Crippen LogP) is 1.24. The number of benzene rings is 1. The van der Waals surface area contributed by atoms with Crippen LogP contribution in [-0.4, -0.2) is 26.1 Å². The van der Waals surface area contributed by atoms with Crippen molar-refractivity contribution in [3.05, 3.63) is 24.3 Å². The molecule has 0 unspecified atom stereocenters. The van der Waals surface area contributed by atoms with Gasteiger partial charge in [0.1, 0.15) is 5.75 Å². The number of para-hydroxylation sites is 2. The van der Waals surface area contributed by atoms with Crippen molar-refractivity contribution < 1.29 is 9.53 Å². The van der Waals surface area contributed by atoms with Gasteiger partial charge in [0.15, 0.2) is 0 Å². The van der Waals surface area contributed by atoms with Gasteiger partial charge in [0, 0.05) is 0 Å². The van der Waals surface area contributed by atoms with Crippen molar-refractivity contribution in [3.8, 4) is 5.75 Å². The van der Waals surface area contributed by atoms with Gasteiger partial charge in [0.25, 0.3) is 0 Å². The van der Waals surface area contributed by atoms with Crippen LogP contribution in [-0.2, 0) is 4.79 Å². The van der Waals surface area contributed by atoms with Gasteiger partial charge in [0.05, 0.1) is 19.3 Å². The molecule has 0 aliphatic rings. The van der Waals surface area contributed by atoms with Crippen molar-refractivity contribution in [2.75, 3.05) is 25.5 Å². The largest absolute Gasteiger partial charge is 0.495 e. The zero-order valence-corrected chi connectivity index (χ0v) is 9.04. The Balaban J connectivity index is 2.59. The van der Waals surface area contributed by atoms with Crippen LogP contribution >= 0.6 is 0 Å². The van der Waals surface area contributed by atoms with Gasteiger partial charge >= 0.3 is 0 Å². The summed E-state index contributed by atoms with van der Waals surface area (Å²) in [6.07, 6.45) is 0. The monoisotopic (exact) mass is 208 g/mol. The van der Waals surface area contributed by atoms with Crippen molar-refractivity contribution in [1.29, 1.82) is 0 Å². The van der Waals surface area contributed by atoms with Crippen LogP contribution < -0.4 is 15.4 Å². The molecule has 1 aromatic carbocycles. The second-order valence-electron chi connectivity index (χ2n) is 3.03. The smallest absolute Gasteiger partial charge is 0.238 e. The SMILES string of the molecule is CCNCC(=O)Nc1ccccc1OC. The quantitative estimate of drug-likeness (QED) is 0.765. The first kappa shape index (κ1) is 11.5. The third-order valence-corrected chi connectivity index (χ3v) is 1.92. The van der Waals surface area contributed by atoms with E-state index in [4.69, 9.17) is 4.74 Å². The minimum Gasteiger partial charge on any atom is -0.495 e. The third kappa shape index (κ3) is 3.59. The van der Waals surface area contributed by atoms with Crippen LogP contribution in [0.3, 0.4) is 0 Å². The van der Waals surface area contributed by atoms with Gasteiger partial charge in [0.2, 0.25) is 5.91 Å². The lowest BCUT2D eigenvalue weighted by atomic mass is 10.3. The first-order valence-corrected chi connectivity index (χ1v) is 4.91. The van der Waals surface area contributed by atoms with Crippen molar-refractivity contribution in [2.45, 2.75) is 6.92 Å². The second kappa shape index (κ2) is 6.03. The molecule has 1 aromatic rings. The number of hydrogen-bond donors (Lipinski definition) is 2. The number of ether oxygens (including phenoxy) is 1. The van der Waals surface area contributed by atoms with Crippen LogP contribution in [0.15, 0.2) is 24.3 Å². The lowest BCUT2D eigenvalue weighted by Crippen LogP contribution is -2.27. The molecule has 0 aliphatic carbocycles. The molecule has 0 spiro atoms.